The van der Waals surface area contributed by atoms with E-state index in [1.807, 2.05) is 0 Å². The topological polar surface area (TPSA) is 124 Å². The van der Waals surface area contributed by atoms with E-state index in [1.165, 1.54) is 37.3 Å². The molecule has 0 aliphatic heterocycles. The third kappa shape index (κ3) is 7.11. The molecule has 0 N–H and O–H groups in total. The zero-order chi connectivity index (χ0) is 28.6. The van der Waals surface area contributed by atoms with E-state index in [2.05, 4.69) is 0 Å². The number of rotatable bonds is 14. The van der Waals surface area contributed by atoms with Crippen LogP contribution in [0.15, 0.2) is 66.7 Å². The molecule has 0 bridgehead atoms. The maximum absolute atomic E-state index is 13.8. The lowest BCUT2D eigenvalue weighted by Crippen LogP contribution is -2.18. The Morgan fingerprint density at radius 1 is 0.641 bits per heavy atom. The van der Waals surface area contributed by atoms with Crippen LogP contribution < -0.4 is 9.05 Å². The molecule has 0 aliphatic carbocycles. The van der Waals surface area contributed by atoms with Crippen LogP contribution in [-0.4, -0.2) is 24.3 Å². The molecule has 208 valence electrons. The molecule has 0 heterocycles. The van der Waals surface area contributed by atoms with Gasteiger partial charge in [0.15, 0.2) is 0 Å². The van der Waals surface area contributed by atoms with Gasteiger partial charge in [-0.25, -0.2) is 18.9 Å². The van der Waals surface area contributed by atoms with Crippen molar-refractivity contribution in [3.63, 3.8) is 0 Å². The Kier molecular flexibility index (Phi) is 10.4. The molecule has 12 heteroatoms. The Labute approximate surface area is 227 Å². The molecule has 3 rings (SSSR count). The molecular formula is C27H30O10P2. The van der Waals surface area contributed by atoms with E-state index in [0.717, 1.165) is 0 Å². The van der Waals surface area contributed by atoms with E-state index in [1.54, 1.807) is 64.1 Å². The summed E-state index contributed by atoms with van der Waals surface area (Å²) in [4.78, 5) is 37.3. The van der Waals surface area contributed by atoms with Crippen molar-refractivity contribution in [1.82, 2.24) is 0 Å². The highest BCUT2D eigenvalue weighted by molar-refractivity contribution is 7.73. The monoisotopic (exact) mass is 576 g/mol. The van der Waals surface area contributed by atoms with Crippen LogP contribution in [0.5, 0.6) is 11.5 Å². The molecule has 0 saturated heterocycles. The Morgan fingerprint density at radius 3 is 1.33 bits per heavy atom. The maximum Gasteiger partial charge on any atom is 0.478 e. The summed E-state index contributed by atoms with van der Waals surface area (Å²) in [5, 5.41) is 0. The fourth-order valence-corrected chi connectivity index (χ4v) is 6.67. The SMILES string of the molecule is CCOOP(=O)(Oc1ccccc1)C(=O)c1c(C)cc(C)c(C(=O)P(=O)(OOCC)Oc2ccccc2)c1C. The van der Waals surface area contributed by atoms with Crippen molar-refractivity contribution in [3.8, 4) is 11.5 Å². The quantitative estimate of drug-likeness (QED) is 0.109. The lowest BCUT2D eigenvalue weighted by atomic mass is 9.94. The molecule has 0 saturated carbocycles. The van der Waals surface area contributed by atoms with Gasteiger partial charge in [0.05, 0.1) is 13.2 Å². The van der Waals surface area contributed by atoms with Gasteiger partial charge in [-0.05, 0) is 75.6 Å². The van der Waals surface area contributed by atoms with Crippen LogP contribution in [0.25, 0.3) is 0 Å². The molecule has 3 aromatic carbocycles. The van der Waals surface area contributed by atoms with Gasteiger partial charge in [0.25, 0.3) is 11.0 Å². The minimum absolute atomic E-state index is 0.0141. The molecule has 0 aromatic heterocycles. The lowest BCUT2D eigenvalue weighted by Gasteiger charge is -2.22. The van der Waals surface area contributed by atoms with Gasteiger partial charge < -0.3 is 9.05 Å². The van der Waals surface area contributed by atoms with Gasteiger partial charge >= 0.3 is 15.2 Å². The third-order valence-corrected chi connectivity index (χ3v) is 8.32. The van der Waals surface area contributed by atoms with Crippen molar-refractivity contribution in [2.75, 3.05) is 13.2 Å². The van der Waals surface area contributed by atoms with Crippen molar-refractivity contribution >= 4 is 26.2 Å². The zero-order valence-corrected chi connectivity index (χ0v) is 24.0. The fraction of sp³-hybridized carbons (Fsp3) is 0.259. The normalized spacial score (nSPS) is 14.2. The molecule has 3 aromatic rings. The fourth-order valence-electron chi connectivity index (χ4n) is 3.78. The van der Waals surface area contributed by atoms with Crippen molar-refractivity contribution in [2.24, 2.45) is 0 Å². The van der Waals surface area contributed by atoms with Crippen molar-refractivity contribution in [2.45, 2.75) is 34.6 Å². The standard InChI is InChI=1S/C27H30O10P2/c1-6-32-36-38(30,34-22-14-10-8-11-15-22)26(28)24-19(3)18-20(4)25(21(24)5)27(29)39(31,37-33-7-2)35-23-16-12-9-13-17-23/h8-18H,6-7H2,1-5H3. The second-order valence-electron chi connectivity index (χ2n) is 8.26. The minimum atomic E-state index is -4.63. The van der Waals surface area contributed by atoms with Gasteiger partial charge in [-0.15, -0.1) is 9.35 Å². The van der Waals surface area contributed by atoms with Gasteiger partial charge in [-0.2, -0.15) is 0 Å². The van der Waals surface area contributed by atoms with Crippen LogP contribution in [-0.2, 0) is 28.3 Å². The number of aryl methyl sites for hydroxylation is 2. The molecule has 0 spiro atoms. The largest absolute Gasteiger partial charge is 0.478 e. The van der Waals surface area contributed by atoms with Crippen LogP contribution in [0.1, 0.15) is 51.3 Å². The van der Waals surface area contributed by atoms with Gasteiger partial charge in [0.1, 0.15) is 11.5 Å². The predicted octanol–water partition coefficient (Wildman–Crippen LogP) is 7.37. The number of hydrogen-bond acceptors (Lipinski definition) is 10. The van der Waals surface area contributed by atoms with E-state index in [0.29, 0.717) is 11.1 Å². The molecule has 0 fully saturated rings. The van der Waals surface area contributed by atoms with E-state index < -0.39 is 26.2 Å². The van der Waals surface area contributed by atoms with Crippen LogP contribution in [0, 0.1) is 20.8 Å². The Bertz CT molecular complexity index is 1300. The van der Waals surface area contributed by atoms with E-state index in [9.17, 15) is 18.7 Å². The molecule has 2 unspecified atom stereocenters. The summed E-state index contributed by atoms with van der Waals surface area (Å²) in [6.07, 6.45) is 0. The highest BCUT2D eigenvalue weighted by atomic mass is 31.2. The predicted molar refractivity (Wildman–Crippen MR) is 144 cm³/mol. The first kappa shape index (κ1) is 30.4. The van der Waals surface area contributed by atoms with Gasteiger partial charge in [-0.3, -0.25) is 9.59 Å². The number of hydrogen-bond donors (Lipinski definition) is 0. The summed E-state index contributed by atoms with van der Waals surface area (Å²) in [6, 6.07) is 17.5. The second kappa shape index (κ2) is 13.3. The second-order valence-corrected chi connectivity index (χ2v) is 11.7. The molecule has 39 heavy (non-hydrogen) atoms. The Hall–Kier alpha value is -3.10. The third-order valence-electron chi connectivity index (χ3n) is 5.37. The van der Waals surface area contributed by atoms with Crippen molar-refractivity contribution in [1.29, 1.82) is 0 Å². The van der Waals surface area contributed by atoms with E-state index in [-0.39, 0.29) is 41.4 Å². The molecule has 10 nitrogen and oxygen atoms in total. The smallest absolute Gasteiger partial charge is 0.418 e. The average molecular weight is 576 g/mol. The summed E-state index contributed by atoms with van der Waals surface area (Å²) >= 11 is 0. The maximum atomic E-state index is 13.8. The Morgan fingerprint density at radius 2 is 1.00 bits per heavy atom. The lowest BCUT2D eigenvalue weighted by molar-refractivity contribution is -0.205. The summed E-state index contributed by atoms with van der Waals surface area (Å²) in [6.45, 7) is 7.80. The molecular weight excluding hydrogens is 546 g/mol. The molecule has 0 amide bonds. The van der Waals surface area contributed by atoms with Crippen LogP contribution in [0.2, 0.25) is 0 Å². The van der Waals surface area contributed by atoms with Crippen molar-refractivity contribution < 1.29 is 46.9 Å². The van der Waals surface area contributed by atoms with Crippen LogP contribution in [0.4, 0.5) is 0 Å². The van der Waals surface area contributed by atoms with Gasteiger partial charge in [0.2, 0.25) is 0 Å². The zero-order valence-electron chi connectivity index (χ0n) is 22.2. The molecule has 0 radical (unpaired) electrons. The summed E-state index contributed by atoms with van der Waals surface area (Å²) in [5.74, 6) is 0.219. The summed E-state index contributed by atoms with van der Waals surface area (Å²) < 4.78 is 48.6. The van der Waals surface area contributed by atoms with E-state index in [4.69, 9.17) is 28.2 Å². The number of carbonyl (C=O) groups excluding carboxylic acids is 2. The minimum Gasteiger partial charge on any atom is -0.418 e. The average Bonchev–Trinajstić information content (AvgIpc) is 2.91. The number of carbonyl (C=O) groups is 2. The van der Waals surface area contributed by atoms with E-state index >= 15 is 0 Å². The first-order valence-corrected chi connectivity index (χ1v) is 15.2. The number of benzene rings is 3. The summed E-state index contributed by atoms with van der Waals surface area (Å²) in [7, 11) is -9.26. The van der Waals surface area contributed by atoms with Crippen molar-refractivity contribution in [3.05, 3.63) is 94.5 Å². The first-order valence-electron chi connectivity index (χ1n) is 12.1. The molecule has 0 aliphatic rings. The highest BCUT2D eigenvalue weighted by Gasteiger charge is 2.45. The highest BCUT2D eigenvalue weighted by Crippen LogP contribution is 2.55. The first-order chi connectivity index (χ1) is 18.6. The van der Waals surface area contributed by atoms with Gasteiger partial charge in [0, 0.05) is 11.1 Å². The van der Waals surface area contributed by atoms with Gasteiger partial charge in [-0.1, -0.05) is 42.5 Å². The molecule has 2 atom stereocenters. The number of para-hydroxylation sites is 2. The summed E-state index contributed by atoms with van der Waals surface area (Å²) in [5.41, 5.74) is -1.49. The van der Waals surface area contributed by atoms with Crippen LogP contribution >= 0.6 is 15.2 Å². The van der Waals surface area contributed by atoms with Crippen LogP contribution in [0.3, 0.4) is 0 Å². The Balaban J connectivity index is 2.11.